The maximum absolute atomic E-state index is 14.3. The molecule has 7 heteroatoms. The van der Waals surface area contributed by atoms with Gasteiger partial charge in [-0.05, 0) is 72.5 Å². The van der Waals surface area contributed by atoms with Gasteiger partial charge in [0.15, 0.2) is 0 Å². The fourth-order valence-electron chi connectivity index (χ4n) is 8.99. The van der Waals surface area contributed by atoms with Gasteiger partial charge in [-0.2, -0.15) is 0 Å². The lowest BCUT2D eigenvalue weighted by Gasteiger charge is -2.35. The standard InChI is InChI=1S/C36H48N2O5/c1-36(2,3)29-31(35(40)41)38(34(39)24-13-9-6-10-14-24)30(23-11-7-5-8-12-23)32(29)43-21-27-19-26(20-37-33(27)42-4)28-18-22-15-16-25(28)17-22/h5,7-8,11-12,19-20,22,24-25,28-32H,6,9-10,13-18,21H2,1-4H3,(H,40,41)/t22?,25?,28?,29-,30+,31+,32+/m1/s1. The van der Waals surface area contributed by atoms with Gasteiger partial charge in [0, 0.05) is 23.6 Å². The number of benzene rings is 1. The van der Waals surface area contributed by atoms with Crippen molar-refractivity contribution >= 4 is 11.9 Å². The minimum absolute atomic E-state index is 0.0427. The van der Waals surface area contributed by atoms with E-state index in [2.05, 4.69) is 26.8 Å². The number of carbonyl (C=O) groups excluding carboxylic acids is 1. The van der Waals surface area contributed by atoms with Gasteiger partial charge < -0.3 is 19.5 Å². The van der Waals surface area contributed by atoms with Crippen LogP contribution in [0.4, 0.5) is 0 Å². The van der Waals surface area contributed by atoms with Gasteiger partial charge in [0.05, 0.1) is 25.9 Å². The highest BCUT2D eigenvalue weighted by atomic mass is 16.5. The molecule has 2 bridgehead atoms. The average Bonchev–Trinajstić information content (AvgIpc) is 3.73. The highest BCUT2D eigenvalue weighted by Crippen LogP contribution is 2.54. The first-order valence-corrected chi connectivity index (χ1v) is 16.4. The molecule has 3 saturated carbocycles. The number of aromatic nitrogens is 1. The summed E-state index contributed by atoms with van der Waals surface area (Å²) < 4.78 is 12.6. The Morgan fingerprint density at radius 1 is 1.00 bits per heavy atom. The van der Waals surface area contributed by atoms with E-state index in [1.165, 1.54) is 31.2 Å². The van der Waals surface area contributed by atoms with Crippen molar-refractivity contribution in [1.82, 2.24) is 9.88 Å². The average molecular weight is 589 g/mol. The number of rotatable bonds is 8. The number of nitrogens with zero attached hydrogens (tertiary/aromatic N) is 2. The van der Waals surface area contributed by atoms with Crippen LogP contribution < -0.4 is 4.74 Å². The molecular weight excluding hydrogens is 540 g/mol. The summed E-state index contributed by atoms with van der Waals surface area (Å²) >= 11 is 0. The van der Waals surface area contributed by atoms with Crippen molar-refractivity contribution in [3.05, 3.63) is 59.3 Å². The van der Waals surface area contributed by atoms with Crippen molar-refractivity contribution in [2.75, 3.05) is 7.11 Å². The molecule has 7 atom stereocenters. The molecule has 2 aromatic rings. The number of carbonyl (C=O) groups is 2. The molecule has 1 aromatic heterocycles. The Morgan fingerprint density at radius 3 is 2.35 bits per heavy atom. The monoisotopic (exact) mass is 588 g/mol. The van der Waals surface area contributed by atoms with Crippen LogP contribution in [0.15, 0.2) is 42.6 Å². The van der Waals surface area contributed by atoms with Crippen LogP contribution >= 0.6 is 0 Å². The van der Waals surface area contributed by atoms with E-state index in [1.807, 2.05) is 36.5 Å². The predicted octanol–water partition coefficient (Wildman–Crippen LogP) is 7.16. The summed E-state index contributed by atoms with van der Waals surface area (Å²) in [4.78, 5) is 33.9. The fraction of sp³-hybridized carbons (Fsp3) is 0.639. The van der Waals surface area contributed by atoms with Crippen LogP contribution in [0, 0.1) is 29.1 Å². The third-order valence-electron chi connectivity index (χ3n) is 10.9. The largest absolute Gasteiger partial charge is 0.481 e. The lowest BCUT2D eigenvalue weighted by atomic mass is 9.73. The van der Waals surface area contributed by atoms with Gasteiger partial charge in [0.25, 0.3) is 0 Å². The molecule has 7 nitrogen and oxygen atoms in total. The zero-order valence-electron chi connectivity index (χ0n) is 26.2. The molecule has 1 amide bonds. The molecule has 232 valence electrons. The SMILES string of the molecule is COc1ncc(C2CC3CCC2C3)cc1CO[C@H]1[C@H](C(C)(C)C)[C@@H](C(=O)O)N(C(=O)C2CCCCC2)[C@H]1c1ccccc1. The topological polar surface area (TPSA) is 89.0 Å². The normalized spacial score (nSPS) is 31.0. The van der Waals surface area contributed by atoms with Gasteiger partial charge >= 0.3 is 5.97 Å². The number of pyridine rings is 1. The number of aliphatic carboxylic acids is 1. The smallest absolute Gasteiger partial charge is 0.326 e. The second kappa shape index (κ2) is 12.2. The van der Waals surface area contributed by atoms with Gasteiger partial charge in [-0.1, -0.05) is 76.8 Å². The van der Waals surface area contributed by atoms with E-state index < -0.39 is 35.5 Å². The van der Waals surface area contributed by atoms with Crippen molar-refractivity contribution in [2.45, 2.75) is 109 Å². The van der Waals surface area contributed by atoms with Gasteiger partial charge in [-0.3, -0.25) is 4.79 Å². The number of amides is 1. The molecule has 1 N–H and O–H groups in total. The fourth-order valence-corrected chi connectivity index (χ4v) is 8.99. The van der Waals surface area contributed by atoms with Crippen molar-refractivity contribution in [1.29, 1.82) is 0 Å². The maximum Gasteiger partial charge on any atom is 0.326 e. The number of hydrogen-bond donors (Lipinski definition) is 1. The number of ether oxygens (including phenoxy) is 2. The molecule has 1 aromatic carbocycles. The summed E-state index contributed by atoms with van der Waals surface area (Å²) in [7, 11) is 1.63. The molecule has 6 rings (SSSR count). The van der Waals surface area contributed by atoms with E-state index in [1.54, 1.807) is 12.0 Å². The molecule has 4 fully saturated rings. The Balaban J connectivity index is 1.37. The maximum atomic E-state index is 14.3. The third-order valence-corrected chi connectivity index (χ3v) is 10.9. The number of methoxy groups -OCH3 is 1. The summed E-state index contributed by atoms with van der Waals surface area (Å²) in [5.74, 6) is 1.05. The molecule has 4 aliphatic rings. The van der Waals surface area contributed by atoms with Gasteiger partial charge in [-0.15, -0.1) is 0 Å². The molecule has 0 spiro atoms. The Hall–Kier alpha value is -2.93. The number of carboxylic acid groups (broad SMARTS) is 1. The Kier molecular flexibility index (Phi) is 8.56. The van der Waals surface area contributed by atoms with Crippen molar-refractivity contribution < 1.29 is 24.2 Å². The zero-order valence-corrected chi connectivity index (χ0v) is 26.2. The third kappa shape index (κ3) is 5.82. The van der Waals surface area contributed by atoms with Crippen LogP contribution in [0.25, 0.3) is 0 Å². The number of carboxylic acids is 1. The first-order chi connectivity index (χ1) is 20.7. The first kappa shape index (κ1) is 30.1. The molecule has 43 heavy (non-hydrogen) atoms. The van der Waals surface area contributed by atoms with Crippen LogP contribution in [0.5, 0.6) is 5.88 Å². The summed E-state index contributed by atoms with van der Waals surface area (Å²) in [5, 5.41) is 10.7. The van der Waals surface area contributed by atoms with E-state index in [4.69, 9.17) is 14.5 Å². The van der Waals surface area contributed by atoms with E-state index in [0.29, 0.717) is 11.8 Å². The van der Waals surface area contributed by atoms with Crippen molar-refractivity contribution in [3.8, 4) is 5.88 Å². The van der Waals surface area contributed by atoms with E-state index >= 15 is 0 Å². The highest BCUT2D eigenvalue weighted by molar-refractivity contribution is 5.87. The Labute approximate surface area is 256 Å². The Bertz CT molecular complexity index is 1300. The van der Waals surface area contributed by atoms with E-state index in [-0.39, 0.29) is 18.4 Å². The predicted molar refractivity (Wildman–Crippen MR) is 165 cm³/mol. The molecule has 1 saturated heterocycles. The molecule has 0 radical (unpaired) electrons. The molecule has 3 unspecified atom stereocenters. The lowest BCUT2D eigenvalue weighted by Crippen LogP contribution is -2.49. The Morgan fingerprint density at radius 2 is 1.74 bits per heavy atom. The molecule has 1 aliphatic heterocycles. The second-order valence-electron chi connectivity index (χ2n) is 14.6. The van der Waals surface area contributed by atoms with Crippen LogP contribution in [-0.2, 0) is 20.9 Å². The summed E-state index contributed by atoms with van der Waals surface area (Å²) in [6, 6.07) is 10.6. The quantitative estimate of drug-likeness (QED) is 0.352. The zero-order chi connectivity index (χ0) is 30.3. The van der Waals surface area contributed by atoms with Gasteiger partial charge in [0.2, 0.25) is 11.8 Å². The highest BCUT2D eigenvalue weighted by Gasteiger charge is 2.59. The molecule has 2 heterocycles. The summed E-state index contributed by atoms with van der Waals surface area (Å²) in [6.07, 6.45) is 11.4. The minimum Gasteiger partial charge on any atom is -0.481 e. The van der Waals surface area contributed by atoms with Crippen LogP contribution in [0.3, 0.4) is 0 Å². The first-order valence-electron chi connectivity index (χ1n) is 16.4. The van der Waals surface area contributed by atoms with E-state index in [0.717, 1.165) is 55.1 Å². The van der Waals surface area contributed by atoms with E-state index in [9.17, 15) is 14.7 Å². The second-order valence-corrected chi connectivity index (χ2v) is 14.6. The van der Waals surface area contributed by atoms with Crippen molar-refractivity contribution in [3.63, 3.8) is 0 Å². The number of hydrogen-bond acceptors (Lipinski definition) is 5. The van der Waals surface area contributed by atoms with Gasteiger partial charge in [0.1, 0.15) is 6.04 Å². The van der Waals surface area contributed by atoms with Crippen LogP contribution in [-0.4, -0.2) is 46.1 Å². The van der Waals surface area contributed by atoms with Gasteiger partial charge in [-0.25, -0.2) is 9.78 Å². The van der Waals surface area contributed by atoms with Crippen LogP contribution in [0.2, 0.25) is 0 Å². The number of likely N-dealkylation sites (tertiary alicyclic amines) is 1. The minimum atomic E-state index is -0.981. The number of fused-ring (bicyclic) bond motifs is 2. The molecular formula is C36H48N2O5. The molecule has 3 aliphatic carbocycles. The summed E-state index contributed by atoms with van der Waals surface area (Å²) in [6.45, 7) is 6.44. The van der Waals surface area contributed by atoms with Crippen molar-refractivity contribution in [2.24, 2.45) is 29.1 Å². The summed E-state index contributed by atoms with van der Waals surface area (Å²) in [5.41, 5.74) is 2.61. The lowest BCUT2D eigenvalue weighted by molar-refractivity contribution is -0.154. The van der Waals surface area contributed by atoms with Crippen LogP contribution in [0.1, 0.15) is 107 Å².